The highest BCUT2D eigenvalue weighted by molar-refractivity contribution is 7.99. The summed E-state index contributed by atoms with van der Waals surface area (Å²) >= 11 is 1.50. The largest absolute Gasteiger partial charge is 0.494 e. The number of rotatable bonds is 10. The Morgan fingerprint density at radius 3 is 2.15 bits per heavy atom. The van der Waals surface area contributed by atoms with Crippen LogP contribution >= 0.6 is 11.8 Å². The van der Waals surface area contributed by atoms with Crippen molar-refractivity contribution >= 4 is 29.1 Å². The van der Waals surface area contributed by atoms with Gasteiger partial charge in [0, 0.05) is 17.0 Å². The molecule has 0 aliphatic heterocycles. The summed E-state index contributed by atoms with van der Waals surface area (Å²) < 4.78 is 11.0. The molecule has 0 fully saturated rings. The topological polar surface area (TPSA) is 64.6 Å². The zero-order chi connectivity index (χ0) is 18.8. The van der Waals surface area contributed by atoms with Gasteiger partial charge in [-0.2, -0.15) is 0 Å². The first-order valence-corrected chi connectivity index (χ1v) is 9.58. The van der Waals surface area contributed by atoms with Gasteiger partial charge in [-0.1, -0.05) is 0 Å². The van der Waals surface area contributed by atoms with Crippen molar-refractivity contribution in [3.05, 3.63) is 54.1 Å². The molecule has 138 valence electrons. The average molecular weight is 373 g/mol. The zero-order valence-corrected chi connectivity index (χ0v) is 15.8. The van der Waals surface area contributed by atoms with Crippen molar-refractivity contribution in [1.82, 2.24) is 0 Å². The van der Waals surface area contributed by atoms with Gasteiger partial charge in [-0.05, 0) is 62.4 Å². The summed E-state index contributed by atoms with van der Waals surface area (Å²) in [6, 6.07) is 14.3. The second kappa shape index (κ2) is 10.5. The van der Waals surface area contributed by atoms with E-state index in [0.717, 1.165) is 11.5 Å². The smallest absolute Gasteiger partial charge is 0.234 e. The highest BCUT2D eigenvalue weighted by Crippen LogP contribution is 2.18. The number of hydrogen-bond acceptors (Lipinski definition) is 5. The lowest BCUT2D eigenvalue weighted by Gasteiger charge is -2.08. The normalized spacial score (nSPS) is 10.2. The Kier molecular flexibility index (Phi) is 8.02. The summed E-state index contributed by atoms with van der Waals surface area (Å²) in [5.74, 6) is 2.59. The van der Waals surface area contributed by atoms with E-state index in [0.29, 0.717) is 36.0 Å². The van der Waals surface area contributed by atoms with Crippen LogP contribution in [0.1, 0.15) is 24.2 Å². The van der Waals surface area contributed by atoms with E-state index in [4.69, 9.17) is 9.47 Å². The maximum Gasteiger partial charge on any atom is 0.234 e. The molecule has 2 rings (SSSR count). The molecule has 2 aromatic carbocycles. The third-order valence-corrected chi connectivity index (χ3v) is 4.36. The fraction of sp³-hybridized carbons (Fsp3) is 0.300. The van der Waals surface area contributed by atoms with Crippen molar-refractivity contribution < 1.29 is 19.1 Å². The summed E-state index contributed by atoms with van der Waals surface area (Å²) in [5.41, 5.74) is 1.31. The Labute approximate surface area is 158 Å². The lowest BCUT2D eigenvalue weighted by Crippen LogP contribution is -2.15. The Bertz CT molecular complexity index is 714. The van der Waals surface area contributed by atoms with Crippen LogP contribution in [-0.2, 0) is 4.79 Å². The minimum atomic E-state index is -0.0772. The molecular formula is C20H23NO4S. The van der Waals surface area contributed by atoms with Crippen molar-refractivity contribution in [2.24, 2.45) is 0 Å². The van der Waals surface area contributed by atoms with Gasteiger partial charge in [-0.3, -0.25) is 9.59 Å². The van der Waals surface area contributed by atoms with Gasteiger partial charge >= 0.3 is 0 Å². The highest BCUT2D eigenvalue weighted by Gasteiger charge is 2.04. The van der Waals surface area contributed by atoms with Crippen molar-refractivity contribution in [2.45, 2.75) is 13.8 Å². The molecule has 1 N–H and O–H groups in total. The number of nitrogens with one attached hydrogen (secondary N) is 1. The summed E-state index contributed by atoms with van der Waals surface area (Å²) in [7, 11) is 0. The molecule has 1 amide bonds. The third-order valence-electron chi connectivity index (χ3n) is 3.44. The average Bonchev–Trinajstić information content (AvgIpc) is 2.63. The standard InChI is InChI=1S/C20H23NO4S/c1-3-24-18-8-10-19(11-9-18)25-12-13-26-14-20(23)21-17-6-4-16(5-7-17)15(2)22/h4-11H,3,12-14H2,1-2H3,(H,21,23). The Morgan fingerprint density at radius 1 is 0.962 bits per heavy atom. The van der Waals surface area contributed by atoms with Gasteiger partial charge in [0.1, 0.15) is 11.5 Å². The molecule has 0 unspecified atom stereocenters. The van der Waals surface area contributed by atoms with Crippen LogP contribution in [0.3, 0.4) is 0 Å². The summed E-state index contributed by atoms with van der Waals surface area (Å²) in [6.45, 7) is 4.62. The molecule has 6 heteroatoms. The maximum atomic E-state index is 11.9. The van der Waals surface area contributed by atoms with Crippen molar-refractivity contribution in [1.29, 1.82) is 0 Å². The fourth-order valence-corrected chi connectivity index (χ4v) is 2.77. The van der Waals surface area contributed by atoms with Gasteiger partial charge in [-0.15, -0.1) is 11.8 Å². The third kappa shape index (κ3) is 6.80. The predicted molar refractivity (Wildman–Crippen MR) is 106 cm³/mol. The summed E-state index contributed by atoms with van der Waals surface area (Å²) in [6.07, 6.45) is 0. The van der Waals surface area contributed by atoms with Crippen LogP contribution in [0.4, 0.5) is 5.69 Å². The molecule has 2 aromatic rings. The van der Waals surface area contributed by atoms with E-state index in [1.807, 2.05) is 31.2 Å². The molecule has 0 atom stereocenters. The molecule has 0 heterocycles. The first kappa shape index (κ1) is 19.8. The minimum absolute atomic E-state index is 0.00552. The van der Waals surface area contributed by atoms with Crippen molar-refractivity contribution in [3.8, 4) is 11.5 Å². The zero-order valence-electron chi connectivity index (χ0n) is 15.0. The molecule has 0 aromatic heterocycles. The molecule has 0 aliphatic carbocycles. The van der Waals surface area contributed by atoms with Gasteiger partial charge in [-0.25, -0.2) is 0 Å². The number of carbonyl (C=O) groups excluding carboxylic acids is 2. The van der Waals surface area contributed by atoms with E-state index < -0.39 is 0 Å². The number of ether oxygens (including phenoxy) is 2. The fourth-order valence-electron chi connectivity index (χ4n) is 2.17. The highest BCUT2D eigenvalue weighted by atomic mass is 32.2. The molecule has 0 saturated carbocycles. The molecule has 0 aliphatic rings. The Morgan fingerprint density at radius 2 is 1.58 bits per heavy atom. The van der Waals surface area contributed by atoms with Crippen molar-refractivity contribution in [2.75, 3.05) is 30.0 Å². The molecule has 26 heavy (non-hydrogen) atoms. The lowest BCUT2D eigenvalue weighted by molar-refractivity contribution is -0.113. The maximum absolute atomic E-state index is 11.9. The van der Waals surface area contributed by atoms with Crippen LogP contribution in [0.2, 0.25) is 0 Å². The van der Waals surface area contributed by atoms with E-state index in [-0.39, 0.29) is 11.7 Å². The Hall–Kier alpha value is -2.47. The van der Waals surface area contributed by atoms with Gasteiger partial charge < -0.3 is 14.8 Å². The first-order valence-electron chi connectivity index (χ1n) is 8.42. The van der Waals surface area contributed by atoms with Gasteiger partial charge in [0.2, 0.25) is 5.91 Å². The second-order valence-corrected chi connectivity index (χ2v) is 6.59. The van der Waals surface area contributed by atoms with Crippen LogP contribution in [0.15, 0.2) is 48.5 Å². The number of hydrogen-bond donors (Lipinski definition) is 1. The molecular weight excluding hydrogens is 350 g/mol. The van der Waals surface area contributed by atoms with E-state index >= 15 is 0 Å². The van der Waals surface area contributed by atoms with E-state index in [1.165, 1.54) is 18.7 Å². The lowest BCUT2D eigenvalue weighted by atomic mass is 10.1. The van der Waals surface area contributed by atoms with E-state index in [2.05, 4.69) is 5.32 Å². The molecule has 0 spiro atoms. The number of thioether (sulfide) groups is 1. The predicted octanol–water partition coefficient (Wildman–Crippen LogP) is 4.04. The van der Waals surface area contributed by atoms with Crippen LogP contribution < -0.4 is 14.8 Å². The molecule has 5 nitrogen and oxygen atoms in total. The van der Waals surface area contributed by atoms with Crippen LogP contribution in [0.25, 0.3) is 0 Å². The summed E-state index contributed by atoms with van der Waals surface area (Å²) in [5, 5.41) is 2.81. The molecule has 0 bridgehead atoms. The number of Topliss-reactive ketones (excluding diaryl/α,β-unsaturated/α-hetero) is 1. The van der Waals surface area contributed by atoms with Crippen LogP contribution in [-0.4, -0.2) is 36.4 Å². The van der Waals surface area contributed by atoms with Gasteiger partial charge in [0.25, 0.3) is 0 Å². The Balaban J connectivity index is 1.63. The van der Waals surface area contributed by atoms with Crippen LogP contribution in [0.5, 0.6) is 11.5 Å². The minimum Gasteiger partial charge on any atom is -0.494 e. The van der Waals surface area contributed by atoms with Gasteiger partial charge in [0.15, 0.2) is 5.78 Å². The number of amides is 1. The second-order valence-electron chi connectivity index (χ2n) is 5.49. The van der Waals surface area contributed by atoms with Crippen LogP contribution in [0, 0.1) is 0 Å². The first-order chi connectivity index (χ1) is 12.6. The van der Waals surface area contributed by atoms with Crippen molar-refractivity contribution in [3.63, 3.8) is 0 Å². The summed E-state index contributed by atoms with van der Waals surface area (Å²) in [4.78, 5) is 23.1. The number of ketones is 1. The van der Waals surface area contributed by atoms with E-state index in [9.17, 15) is 9.59 Å². The van der Waals surface area contributed by atoms with E-state index in [1.54, 1.807) is 24.3 Å². The number of anilines is 1. The quantitative estimate of drug-likeness (QED) is 0.503. The SMILES string of the molecule is CCOc1ccc(OCCSCC(=O)Nc2ccc(C(C)=O)cc2)cc1. The number of benzene rings is 2. The number of carbonyl (C=O) groups is 2. The molecule has 0 radical (unpaired) electrons. The monoisotopic (exact) mass is 373 g/mol. The van der Waals surface area contributed by atoms with Gasteiger partial charge in [0.05, 0.1) is 19.0 Å². The molecule has 0 saturated heterocycles.